The molecule has 4 nitrogen and oxygen atoms in total. The van der Waals surface area contributed by atoms with E-state index in [2.05, 4.69) is 40.5 Å². The minimum Gasteiger partial charge on any atom is -0.497 e. The van der Waals surface area contributed by atoms with Crippen LogP contribution < -0.4 is 15.0 Å². The number of hydrogen-bond donors (Lipinski definition) is 2. The van der Waals surface area contributed by atoms with Crippen LogP contribution >= 0.6 is 0 Å². The van der Waals surface area contributed by atoms with Gasteiger partial charge in [0.05, 0.1) is 19.8 Å². The number of aliphatic hydroxyl groups excluding tert-OH is 1. The molecule has 1 aliphatic heterocycles. The quantitative estimate of drug-likeness (QED) is 0.856. The summed E-state index contributed by atoms with van der Waals surface area (Å²) in [7, 11) is 1.67. The van der Waals surface area contributed by atoms with Gasteiger partial charge in [0, 0.05) is 24.8 Å². The lowest BCUT2D eigenvalue weighted by atomic mass is 10.0. The number of ether oxygens (including phenoxy) is 1. The van der Waals surface area contributed by atoms with E-state index in [9.17, 15) is 5.11 Å². The molecular weight excluding hydrogens is 300 g/mol. The Hall–Kier alpha value is -2.04. The van der Waals surface area contributed by atoms with Crippen molar-refractivity contribution in [2.24, 2.45) is 0 Å². The Morgan fingerprint density at radius 2 is 1.88 bits per heavy atom. The molecule has 0 spiro atoms. The van der Waals surface area contributed by atoms with Gasteiger partial charge in [-0.15, -0.1) is 0 Å². The van der Waals surface area contributed by atoms with Crippen molar-refractivity contribution in [3.63, 3.8) is 0 Å². The minimum absolute atomic E-state index is 0.0478. The lowest BCUT2D eigenvalue weighted by molar-refractivity contribution is 0.225. The van der Waals surface area contributed by atoms with E-state index in [0.29, 0.717) is 6.04 Å². The van der Waals surface area contributed by atoms with Gasteiger partial charge in [0.1, 0.15) is 5.75 Å². The van der Waals surface area contributed by atoms with Gasteiger partial charge in [-0.05, 0) is 42.7 Å². The van der Waals surface area contributed by atoms with Crippen molar-refractivity contribution in [3.05, 3.63) is 60.2 Å². The van der Waals surface area contributed by atoms with Gasteiger partial charge in [-0.25, -0.2) is 0 Å². The van der Waals surface area contributed by atoms with Crippen molar-refractivity contribution in [2.75, 3.05) is 31.7 Å². The van der Waals surface area contributed by atoms with Crippen molar-refractivity contribution in [1.82, 2.24) is 5.32 Å². The first-order valence-corrected chi connectivity index (χ1v) is 8.61. The summed E-state index contributed by atoms with van der Waals surface area (Å²) in [4.78, 5) is 2.43. The molecule has 1 heterocycles. The largest absolute Gasteiger partial charge is 0.497 e. The number of aliphatic hydroxyl groups is 1. The van der Waals surface area contributed by atoms with Crippen LogP contribution in [0, 0.1) is 0 Å². The predicted octanol–water partition coefficient (Wildman–Crippen LogP) is 2.99. The fourth-order valence-corrected chi connectivity index (χ4v) is 3.34. The average molecular weight is 326 g/mol. The van der Waals surface area contributed by atoms with Crippen molar-refractivity contribution in [1.29, 1.82) is 0 Å². The Kier molecular flexibility index (Phi) is 5.72. The monoisotopic (exact) mass is 326 g/mol. The second-order valence-corrected chi connectivity index (χ2v) is 6.28. The summed E-state index contributed by atoms with van der Waals surface area (Å²) in [5.41, 5.74) is 2.37. The third kappa shape index (κ3) is 4.08. The molecule has 1 atom stereocenters. The zero-order valence-corrected chi connectivity index (χ0v) is 14.2. The number of nitrogens with one attached hydrogen (secondary N) is 1. The number of piperidine rings is 1. The molecule has 1 unspecified atom stereocenters. The van der Waals surface area contributed by atoms with Crippen LogP contribution in [0.4, 0.5) is 5.69 Å². The number of methoxy groups -OCH3 is 1. The number of para-hydroxylation sites is 1. The second-order valence-electron chi connectivity index (χ2n) is 6.28. The zero-order chi connectivity index (χ0) is 16.8. The molecule has 2 aromatic carbocycles. The summed E-state index contributed by atoms with van der Waals surface area (Å²) in [6.07, 6.45) is 2.16. The normalized spacial score (nSPS) is 16.8. The van der Waals surface area contributed by atoms with E-state index in [1.54, 1.807) is 7.11 Å². The fourth-order valence-electron chi connectivity index (χ4n) is 3.34. The lowest BCUT2D eigenvalue weighted by Gasteiger charge is -2.35. The summed E-state index contributed by atoms with van der Waals surface area (Å²) in [6.45, 7) is 2.17. The van der Waals surface area contributed by atoms with E-state index >= 15 is 0 Å². The zero-order valence-electron chi connectivity index (χ0n) is 14.2. The smallest absolute Gasteiger partial charge is 0.119 e. The van der Waals surface area contributed by atoms with Crippen LogP contribution in [-0.2, 0) is 0 Å². The molecule has 1 saturated heterocycles. The summed E-state index contributed by atoms with van der Waals surface area (Å²) in [6, 6.07) is 18.9. The summed E-state index contributed by atoms with van der Waals surface area (Å²) < 4.78 is 5.29. The van der Waals surface area contributed by atoms with Crippen LogP contribution in [0.1, 0.15) is 24.4 Å². The van der Waals surface area contributed by atoms with Gasteiger partial charge >= 0.3 is 0 Å². The first kappa shape index (κ1) is 16.8. The van der Waals surface area contributed by atoms with Gasteiger partial charge in [-0.1, -0.05) is 30.3 Å². The van der Waals surface area contributed by atoms with Crippen molar-refractivity contribution in [2.45, 2.75) is 24.9 Å². The molecule has 128 valence electrons. The Labute approximate surface area is 144 Å². The van der Waals surface area contributed by atoms with E-state index in [4.69, 9.17) is 4.74 Å². The fraction of sp³-hybridized carbons (Fsp3) is 0.400. The van der Waals surface area contributed by atoms with Gasteiger partial charge < -0.3 is 20.1 Å². The topological polar surface area (TPSA) is 44.7 Å². The van der Waals surface area contributed by atoms with Crippen LogP contribution in [-0.4, -0.2) is 38.0 Å². The molecule has 0 radical (unpaired) electrons. The molecule has 24 heavy (non-hydrogen) atoms. The van der Waals surface area contributed by atoms with Crippen LogP contribution in [0.2, 0.25) is 0 Å². The predicted molar refractivity (Wildman–Crippen MR) is 97.6 cm³/mol. The van der Waals surface area contributed by atoms with Gasteiger partial charge in [0.15, 0.2) is 0 Å². The first-order chi connectivity index (χ1) is 11.8. The van der Waals surface area contributed by atoms with Gasteiger partial charge in [0.25, 0.3) is 0 Å². The summed E-state index contributed by atoms with van der Waals surface area (Å²) >= 11 is 0. The molecule has 0 saturated carbocycles. The average Bonchev–Trinajstić information content (AvgIpc) is 2.67. The Morgan fingerprint density at radius 1 is 1.12 bits per heavy atom. The molecular formula is C20H26N2O2. The number of benzene rings is 2. The molecule has 0 aromatic heterocycles. The van der Waals surface area contributed by atoms with E-state index in [0.717, 1.165) is 37.2 Å². The Balaban J connectivity index is 1.58. The molecule has 0 aliphatic carbocycles. The van der Waals surface area contributed by atoms with Crippen molar-refractivity contribution < 1.29 is 9.84 Å². The highest BCUT2D eigenvalue weighted by Gasteiger charge is 2.22. The van der Waals surface area contributed by atoms with Crippen LogP contribution in [0.25, 0.3) is 0 Å². The summed E-state index contributed by atoms with van der Waals surface area (Å²) in [5.74, 6) is 0.826. The number of anilines is 1. The maximum absolute atomic E-state index is 9.79. The molecule has 1 fully saturated rings. The van der Waals surface area contributed by atoms with Crippen molar-refractivity contribution in [3.8, 4) is 5.75 Å². The van der Waals surface area contributed by atoms with Crippen LogP contribution in [0.5, 0.6) is 5.75 Å². The Morgan fingerprint density at radius 3 is 2.54 bits per heavy atom. The number of nitrogens with zero attached hydrogens (tertiary/aromatic N) is 1. The third-order valence-electron chi connectivity index (χ3n) is 4.73. The molecule has 0 bridgehead atoms. The van der Waals surface area contributed by atoms with E-state index in [1.165, 1.54) is 5.69 Å². The van der Waals surface area contributed by atoms with Crippen LogP contribution in [0.3, 0.4) is 0 Å². The molecule has 2 N–H and O–H groups in total. The number of hydrogen-bond acceptors (Lipinski definition) is 4. The van der Waals surface area contributed by atoms with Crippen LogP contribution in [0.15, 0.2) is 54.6 Å². The highest BCUT2D eigenvalue weighted by Crippen LogP contribution is 2.23. The maximum atomic E-state index is 9.79. The van der Waals surface area contributed by atoms with E-state index < -0.39 is 0 Å². The van der Waals surface area contributed by atoms with Gasteiger partial charge in [-0.3, -0.25) is 0 Å². The highest BCUT2D eigenvalue weighted by molar-refractivity contribution is 5.46. The van der Waals surface area contributed by atoms with E-state index in [-0.39, 0.29) is 12.6 Å². The molecule has 3 rings (SSSR count). The maximum Gasteiger partial charge on any atom is 0.119 e. The standard InChI is InChI=1S/C20H26N2O2/c1-24-19-9-5-6-16(14-19)20(15-23)21-17-10-12-22(13-11-17)18-7-3-2-4-8-18/h2-9,14,17,20-21,23H,10-13,15H2,1H3. The molecule has 2 aromatic rings. The molecule has 1 aliphatic rings. The third-order valence-corrected chi connectivity index (χ3v) is 4.73. The van der Waals surface area contributed by atoms with Gasteiger partial charge in [-0.2, -0.15) is 0 Å². The SMILES string of the molecule is COc1cccc(C(CO)NC2CCN(c3ccccc3)CC2)c1. The minimum atomic E-state index is -0.0478. The molecule has 4 heteroatoms. The van der Waals surface area contributed by atoms with Crippen molar-refractivity contribution >= 4 is 5.69 Å². The lowest BCUT2D eigenvalue weighted by Crippen LogP contribution is -2.44. The highest BCUT2D eigenvalue weighted by atomic mass is 16.5. The molecule has 0 amide bonds. The number of rotatable bonds is 6. The summed E-state index contributed by atoms with van der Waals surface area (Å²) in [5, 5.41) is 13.4. The van der Waals surface area contributed by atoms with Gasteiger partial charge in [0.2, 0.25) is 0 Å². The van der Waals surface area contributed by atoms with E-state index in [1.807, 2.05) is 24.3 Å². The first-order valence-electron chi connectivity index (χ1n) is 8.61. The second kappa shape index (κ2) is 8.18. The Bertz CT molecular complexity index is 625.